The molecule has 12 nitrogen and oxygen atoms in total. The van der Waals surface area contributed by atoms with Crippen molar-refractivity contribution in [1.29, 1.82) is 0 Å². The van der Waals surface area contributed by atoms with Gasteiger partial charge in [0.1, 0.15) is 28.6 Å². The average molecular weight is 496 g/mol. The first-order chi connectivity index (χ1) is 16.0. The number of carbonyl (C=O) groups is 4. The molecule has 184 valence electrons. The van der Waals surface area contributed by atoms with E-state index >= 15 is 0 Å². The summed E-state index contributed by atoms with van der Waals surface area (Å²) in [6.45, 7) is 0. The number of β-lactam (4-membered cyclic amide) rings is 1. The van der Waals surface area contributed by atoms with Crippen LogP contribution in [0, 0.1) is 0 Å². The summed E-state index contributed by atoms with van der Waals surface area (Å²) in [4.78, 5) is 49.4. The molecule has 1 fully saturated rings. The zero-order valence-electron chi connectivity index (χ0n) is 18.2. The number of methoxy groups -OCH3 is 1. The smallest absolute Gasteiger partial charge is 0.352 e. The molecule has 2 aliphatic rings. The van der Waals surface area contributed by atoms with Gasteiger partial charge in [-0.1, -0.05) is 6.07 Å². The molecule has 0 saturated carbocycles. The quantitative estimate of drug-likeness (QED) is 0.188. The fourth-order valence-electron chi connectivity index (χ4n) is 3.89. The maximum absolute atomic E-state index is 13.1. The van der Waals surface area contributed by atoms with Crippen LogP contribution in [0.15, 0.2) is 29.5 Å². The second kappa shape index (κ2) is 9.91. The van der Waals surface area contributed by atoms with Crippen molar-refractivity contribution in [2.45, 2.75) is 42.8 Å². The van der Waals surface area contributed by atoms with Gasteiger partial charge < -0.3 is 36.2 Å². The van der Waals surface area contributed by atoms with Crippen LogP contribution in [0.5, 0.6) is 11.5 Å². The SMILES string of the molecule is CO[C@@]1(NC(=O)CCCC(N)C(=O)O)C(=O)N2C(C(=O)O)=C(Cc3ccc(O)cc3O)CS[C@H]21. The van der Waals surface area contributed by atoms with E-state index in [1.165, 1.54) is 31.0 Å². The summed E-state index contributed by atoms with van der Waals surface area (Å²) in [7, 11) is 1.23. The third kappa shape index (κ3) is 4.67. The topological polar surface area (TPSA) is 200 Å². The number of hydrogen-bond acceptors (Lipinski definition) is 9. The predicted molar refractivity (Wildman–Crippen MR) is 119 cm³/mol. The van der Waals surface area contributed by atoms with Crippen LogP contribution in [0.2, 0.25) is 0 Å². The molecule has 1 unspecified atom stereocenters. The minimum Gasteiger partial charge on any atom is -0.508 e. The molecule has 13 heteroatoms. The van der Waals surface area contributed by atoms with Crippen LogP contribution in [0.25, 0.3) is 0 Å². The number of thioether (sulfide) groups is 1. The first kappa shape index (κ1) is 25.3. The van der Waals surface area contributed by atoms with E-state index in [4.69, 9.17) is 15.6 Å². The fourth-order valence-corrected chi connectivity index (χ4v) is 5.33. The number of ether oxygens (including phenoxy) is 1. The molecular formula is C21H25N3O9S. The number of benzene rings is 1. The molecule has 0 radical (unpaired) electrons. The van der Waals surface area contributed by atoms with Gasteiger partial charge in [0.25, 0.3) is 11.6 Å². The number of fused-ring (bicyclic) bond motifs is 1. The number of carboxylic acids is 2. The molecule has 1 aromatic rings. The second-order valence-corrected chi connectivity index (χ2v) is 8.98. The third-order valence-electron chi connectivity index (χ3n) is 5.67. The first-order valence-corrected chi connectivity index (χ1v) is 11.3. The lowest BCUT2D eigenvalue weighted by Gasteiger charge is -2.55. The van der Waals surface area contributed by atoms with Crippen molar-refractivity contribution in [1.82, 2.24) is 10.2 Å². The number of aliphatic carboxylic acids is 2. The van der Waals surface area contributed by atoms with Crippen molar-refractivity contribution >= 4 is 35.5 Å². The Bertz CT molecular complexity index is 1060. The lowest BCUT2D eigenvalue weighted by Crippen LogP contribution is -2.80. The highest BCUT2D eigenvalue weighted by molar-refractivity contribution is 8.00. The van der Waals surface area contributed by atoms with Crippen LogP contribution in [-0.4, -0.2) is 79.1 Å². The van der Waals surface area contributed by atoms with Gasteiger partial charge in [0, 0.05) is 31.8 Å². The monoisotopic (exact) mass is 495 g/mol. The van der Waals surface area contributed by atoms with Gasteiger partial charge in [0.05, 0.1) is 0 Å². The number of rotatable bonds is 10. The minimum atomic E-state index is -1.76. The number of carbonyl (C=O) groups excluding carboxylic acids is 2. The Balaban J connectivity index is 1.77. The van der Waals surface area contributed by atoms with E-state index in [9.17, 15) is 34.5 Å². The highest BCUT2D eigenvalue weighted by atomic mass is 32.2. The normalized spacial score (nSPS) is 22.6. The lowest BCUT2D eigenvalue weighted by atomic mass is 9.95. The van der Waals surface area contributed by atoms with Gasteiger partial charge in [-0.2, -0.15) is 0 Å². The second-order valence-electron chi connectivity index (χ2n) is 7.91. The van der Waals surface area contributed by atoms with Crippen LogP contribution >= 0.6 is 11.8 Å². The Morgan fingerprint density at radius 2 is 2.03 bits per heavy atom. The molecule has 2 aliphatic heterocycles. The predicted octanol–water partition coefficient (Wildman–Crippen LogP) is -0.0648. The largest absolute Gasteiger partial charge is 0.508 e. The fraction of sp³-hybridized carbons (Fsp3) is 0.429. The van der Waals surface area contributed by atoms with Crippen molar-refractivity contribution in [2.24, 2.45) is 5.73 Å². The molecule has 2 heterocycles. The third-order valence-corrected chi connectivity index (χ3v) is 7.04. The molecule has 0 aliphatic carbocycles. The van der Waals surface area contributed by atoms with Gasteiger partial charge in [-0.15, -0.1) is 11.8 Å². The number of phenolic OH excluding ortho intramolecular Hbond substituents is 2. The van der Waals surface area contributed by atoms with Gasteiger partial charge in [0.15, 0.2) is 0 Å². The number of nitrogens with one attached hydrogen (secondary N) is 1. The molecule has 0 bridgehead atoms. The van der Waals surface area contributed by atoms with E-state index in [1.54, 1.807) is 0 Å². The number of hydrogen-bond donors (Lipinski definition) is 6. The van der Waals surface area contributed by atoms with Gasteiger partial charge in [-0.3, -0.25) is 19.3 Å². The number of nitrogens with two attached hydrogens (primary N) is 1. The Labute approximate surface area is 198 Å². The maximum Gasteiger partial charge on any atom is 0.352 e. The maximum atomic E-state index is 13.1. The summed E-state index contributed by atoms with van der Waals surface area (Å²) in [5, 5.41) is 39.9. The molecule has 34 heavy (non-hydrogen) atoms. The molecule has 3 atom stereocenters. The summed E-state index contributed by atoms with van der Waals surface area (Å²) in [5.74, 6) is -4.01. The summed E-state index contributed by atoms with van der Waals surface area (Å²) in [6.07, 6.45) is 0.187. The van der Waals surface area contributed by atoms with E-state index in [0.717, 1.165) is 11.0 Å². The molecule has 3 rings (SSSR count). The Kier molecular flexibility index (Phi) is 7.38. The van der Waals surface area contributed by atoms with Crippen LogP contribution in [0.1, 0.15) is 24.8 Å². The lowest BCUT2D eigenvalue weighted by molar-refractivity contribution is -0.192. The van der Waals surface area contributed by atoms with Gasteiger partial charge >= 0.3 is 11.9 Å². The highest BCUT2D eigenvalue weighted by Crippen LogP contribution is 2.47. The number of phenols is 2. The summed E-state index contributed by atoms with van der Waals surface area (Å²) in [5.41, 5.74) is 4.16. The van der Waals surface area contributed by atoms with Crippen molar-refractivity contribution in [3.63, 3.8) is 0 Å². The molecule has 2 amide bonds. The van der Waals surface area contributed by atoms with Crippen molar-refractivity contribution in [3.05, 3.63) is 35.0 Å². The summed E-state index contributed by atoms with van der Waals surface area (Å²) >= 11 is 1.20. The summed E-state index contributed by atoms with van der Waals surface area (Å²) in [6, 6.07) is 2.85. The van der Waals surface area contributed by atoms with Crippen molar-refractivity contribution < 1.29 is 44.3 Å². The van der Waals surface area contributed by atoms with Crippen LogP contribution in [-0.2, 0) is 30.3 Å². The van der Waals surface area contributed by atoms with Gasteiger partial charge in [-0.05, 0) is 30.0 Å². The summed E-state index contributed by atoms with van der Waals surface area (Å²) < 4.78 is 5.36. The highest BCUT2D eigenvalue weighted by Gasteiger charge is 2.66. The number of nitrogens with zero attached hydrogens (tertiary/aromatic N) is 1. The molecule has 1 aromatic carbocycles. The standard InChI is InChI=1S/C21H25N3O9S/c1-33-21(23-15(27)4-2-3-13(22)17(28)29)19(32)24-16(18(30)31)11(9-34-20(21)24)7-10-5-6-12(25)8-14(10)26/h5-6,8,13,20,25-26H,2-4,7,9,22H2,1H3,(H,23,27)(H,28,29)(H,30,31)/t13?,20-,21-/m0/s1. The molecule has 1 saturated heterocycles. The van der Waals surface area contributed by atoms with Crippen molar-refractivity contribution in [2.75, 3.05) is 12.9 Å². The molecular weight excluding hydrogens is 470 g/mol. The van der Waals surface area contributed by atoms with Crippen LogP contribution in [0.4, 0.5) is 0 Å². The van der Waals surface area contributed by atoms with Gasteiger partial charge in [0.2, 0.25) is 5.91 Å². The van der Waals surface area contributed by atoms with E-state index in [2.05, 4.69) is 5.32 Å². The minimum absolute atomic E-state index is 0.0351. The molecule has 7 N–H and O–H groups in total. The van der Waals surface area contributed by atoms with Crippen LogP contribution in [0.3, 0.4) is 0 Å². The first-order valence-electron chi connectivity index (χ1n) is 10.3. The number of amides is 2. The van der Waals surface area contributed by atoms with E-state index < -0.39 is 40.9 Å². The zero-order chi connectivity index (χ0) is 25.2. The van der Waals surface area contributed by atoms with E-state index in [-0.39, 0.29) is 48.6 Å². The molecule has 0 aromatic heterocycles. The van der Waals surface area contributed by atoms with Gasteiger partial charge in [-0.25, -0.2) is 4.79 Å². The van der Waals surface area contributed by atoms with Crippen molar-refractivity contribution in [3.8, 4) is 11.5 Å². The number of aromatic hydroxyl groups is 2. The van der Waals surface area contributed by atoms with E-state index in [1.807, 2.05) is 0 Å². The Hall–Kier alpha value is -3.29. The zero-order valence-corrected chi connectivity index (χ0v) is 19.0. The Morgan fingerprint density at radius 1 is 1.32 bits per heavy atom. The average Bonchev–Trinajstić information content (AvgIpc) is 2.78. The molecule has 0 spiro atoms. The van der Waals surface area contributed by atoms with Crippen LogP contribution < -0.4 is 11.1 Å². The van der Waals surface area contributed by atoms with E-state index in [0.29, 0.717) is 11.1 Å². The Morgan fingerprint density at radius 3 is 2.62 bits per heavy atom. The number of carboxylic acid groups (broad SMARTS) is 2.